The third-order valence-corrected chi connectivity index (χ3v) is 3.32. The maximum Gasteiger partial charge on any atom is 0.229 e. The van der Waals surface area contributed by atoms with Crippen molar-refractivity contribution in [1.82, 2.24) is 9.97 Å². The Balaban J connectivity index is 2.36. The minimum atomic E-state index is -0.342. The van der Waals surface area contributed by atoms with Gasteiger partial charge in [-0.1, -0.05) is 6.92 Å². The van der Waals surface area contributed by atoms with Gasteiger partial charge in [-0.3, -0.25) is 0 Å². The molecule has 0 saturated heterocycles. The lowest BCUT2D eigenvalue weighted by Gasteiger charge is -2.05. The Morgan fingerprint density at radius 1 is 1.43 bits per heavy atom. The van der Waals surface area contributed by atoms with Gasteiger partial charge in [-0.15, -0.1) is 0 Å². The van der Waals surface area contributed by atoms with Gasteiger partial charge in [-0.25, -0.2) is 9.97 Å². The number of aryl methyl sites for hydroxylation is 1. The predicted octanol–water partition coefficient (Wildman–Crippen LogP) is 3.05. The highest BCUT2D eigenvalue weighted by molar-refractivity contribution is 14.1. The van der Waals surface area contributed by atoms with Gasteiger partial charge >= 0.3 is 0 Å². The molecule has 0 aliphatic heterocycles. The molecule has 1 aromatic heterocycles. The van der Waals surface area contributed by atoms with Gasteiger partial charge in [0.25, 0.3) is 0 Å². The van der Waals surface area contributed by atoms with E-state index >= 15 is 0 Å². The first-order valence-electron chi connectivity index (χ1n) is 4.94. The lowest BCUT2D eigenvalue weighted by molar-refractivity contribution is 0.554. The molecule has 14 heavy (non-hydrogen) atoms. The number of rotatable bonds is 3. The highest BCUT2D eigenvalue weighted by Crippen LogP contribution is 2.41. The second-order valence-corrected chi connectivity index (χ2v) is 4.73. The monoisotopic (exact) mass is 306 g/mol. The topological polar surface area (TPSA) is 25.8 Å². The maximum atomic E-state index is 13.4. The number of halogens is 2. The average molecular weight is 306 g/mol. The number of nitrogens with zero attached hydrogens (tertiary/aromatic N) is 2. The van der Waals surface area contributed by atoms with E-state index in [9.17, 15) is 4.39 Å². The van der Waals surface area contributed by atoms with Crippen LogP contribution in [-0.2, 0) is 6.42 Å². The zero-order chi connectivity index (χ0) is 10.1. The van der Waals surface area contributed by atoms with Crippen molar-refractivity contribution in [2.75, 3.05) is 0 Å². The van der Waals surface area contributed by atoms with E-state index in [1.165, 1.54) is 0 Å². The summed E-state index contributed by atoms with van der Waals surface area (Å²) >= 11 is 2.01. The van der Waals surface area contributed by atoms with Crippen LogP contribution in [0.2, 0.25) is 0 Å². The highest BCUT2D eigenvalue weighted by atomic mass is 127. The van der Waals surface area contributed by atoms with Gasteiger partial charge in [-0.05, 0) is 41.9 Å². The Morgan fingerprint density at radius 3 is 2.71 bits per heavy atom. The molecule has 1 saturated carbocycles. The molecule has 4 heteroatoms. The molecule has 0 aromatic carbocycles. The standard InChI is InChI=1S/C10H12FIN2/c1-2-3-7-13-9(6-4-5-6)8(12)10(11)14-7/h6H,2-5H2,1H3. The predicted molar refractivity (Wildman–Crippen MR) is 60.7 cm³/mol. The largest absolute Gasteiger partial charge is 0.236 e. The van der Waals surface area contributed by atoms with Crippen LogP contribution in [0.5, 0.6) is 0 Å². The summed E-state index contributed by atoms with van der Waals surface area (Å²) in [6.45, 7) is 2.05. The van der Waals surface area contributed by atoms with Crippen molar-refractivity contribution in [2.45, 2.75) is 38.5 Å². The summed E-state index contributed by atoms with van der Waals surface area (Å²) in [4.78, 5) is 8.27. The minimum Gasteiger partial charge on any atom is -0.236 e. The van der Waals surface area contributed by atoms with Gasteiger partial charge in [-0.2, -0.15) is 4.39 Å². The SMILES string of the molecule is CCCc1nc(F)c(I)c(C2CC2)n1. The molecule has 0 spiro atoms. The molecule has 1 aliphatic rings. The van der Waals surface area contributed by atoms with E-state index in [0.717, 1.165) is 31.4 Å². The van der Waals surface area contributed by atoms with Crippen LogP contribution in [0, 0.1) is 9.52 Å². The third kappa shape index (κ3) is 2.04. The van der Waals surface area contributed by atoms with Crippen LogP contribution >= 0.6 is 22.6 Å². The smallest absolute Gasteiger partial charge is 0.229 e. The summed E-state index contributed by atoms with van der Waals surface area (Å²) in [6.07, 6.45) is 4.04. The molecule has 1 fully saturated rings. The number of hydrogen-bond acceptors (Lipinski definition) is 2. The fraction of sp³-hybridized carbons (Fsp3) is 0.600. The van der Waals surface area contributed by atoms with Crippen LogP contribution in [0.3, 0.4) is 0 Å². The Labute approximate surface area is 96.5 Å². The lowest BCUT2D eigenvalue weighted by Crippen LogP contribution is -2.05. The van der Waals surface area contributed by atoms with Crippen molar-refractivity contribution in [3.05, 3.63) is 21.0 Å². The van der Waals surface area contributed by atoms with Crippen LogP contribution in [0.25, 0.3) is 0 Å². The van der Waals surface area contributed by atoms with Crippen LogP contribution in [0.4, 0.5) is 4.39 Å². The van der Waals surface area contributed by atoms with E-state index in [1.807, 2.05) is 22.6 Å². The zero-order valence-electron chi connectivity index (χ0n) is 8.06. The molecule has 2 nitrogen and oxygen atoms in total. The fourth-order valence-electron chi connectivity index (χ4n) is 1.44. The molecular formula is C10H12FIN2. The van der Waals surface area contributed by atoms with E-state index in [2.05, 4.69) is 16.9 Å². The summed E-state index contributed by atoms with van der Waals surface area (Å²) in [7, 11) is 0. The van der Waals surface area contributed by atoms with Crippen molar-refractivity contribution in [1.29, 1.82) is 0 Å². The normalized spacial score (nSPS) is 15.9. The molecule has 1 heterocycles. The van der Waals surface area contributed by atoms with Crippen molar-refractivity contribution in [3.63, 3.8) is 0 Å². The third-order valence-electron chi connectivity index (χ3n) is 2.32. The summed E-state index contributed by atoms with van der Waals surface area (Å²) in [5.74, 6) is 0.813. The molecule has 0 N–H and O–H groups in total. The van der Waals surface area contributed by atoms with Crippen molar-refractivity contribution >= 4 is 22.6 Å². The summed E-state index contributed by atoms with van der Waals surface area (Å²) in [5, 5.41) is 0. The van der Waals surface area contributed by atoms with Crippen LogP contribution < -0.4 is 0 Å². The number of hydrogen-bond donors (Lipinski definition) is 0. The number of aromatic nitrogens is 2. The molecule has 1 aliphatic carbocycles. The zero-order valence-corrected chi connectivity index (χ0v) is 10.2. The molecule has 2 rings (SSSR count). The first kappa shape index (κ1) is 10.3. The van der Waals surface area contributed by atoms with Crippen molar-refractivity contribution in [3.8, 4) is 0 Å². The lowest BCUT2D eigenvalue weighted by atomic mass is 10.2. The van der Waals surface area contributed by atoms with E-state index in [1.54, 1.807) is 0 Å². The molecule has 0 amide bonds. The van der Waals surface area contributed by atoms with E-state index in [4.69, 9.17) is 0 Å². The first-order valence-corrected chi connectivity index (χ1v) is 6.02. The van der Waals surface area contributed by atoms with Gasteiger partial charge in [0.1, 0.15) is 5.82 Å². The summed E-state index contributed by atoms with van der Waals surface area (Å²) < 4.78 is 14.0. The Kier molecular flexibility index (Phi) is 2.99. The Morgan fingerprint density at radius 2 is 2.14 bits per heavy atom. The molecule has 0 unspecified atom stereocenters. The van der Waals surface area contributed by atoms with Crippen molar-refractivity contribution < 1.29 is 4.39 Å². The highest BCUT2D eigenvalue weighted by Gasteiger charge is 2.29. The molecule has 0 bridgehead atoms. The van der Waals surface area contributed by atoms with Gasteiger partial charge in [0.15, 0.2) is 0 Å². The van der Waals surface area contributed by atoms with E-state index in [0.29, 0.717) is 15.3 Å². The van der Waals surface area contributed by atoms with Crippen LogP contribution in [0.1, 0.15) is 43.6 Å². The molecule has 76 valence electrons. The average Bonchev–Trinajstić information content (AvgIpc) is 2.94. The quantitative estimate of drug-likeness (QED) is 0.633. The van der Waals surface area contributed by atoms with Gasteiger partial charge in [0, 0.05) is 12.3 Å². The molecular weight excluding hydrogens is 294 g/mol. The van der Waals surface area contributed by atoms with Crippen molar-refractivity contribution in [2.24, 2.45) is 0 Å². The van der Waals surface area contributed by atoms with Gasteiger partial charge in [0.05, 0.1) is 9.26 Å². The molecule has 0 radical (unpaired) electrons. The maximum absolute atomic E-state index is 13.4. The Bertz CT molecular complexity index is 350. The summed E-state index contributed by atoms with van der Waals surface area (Å²) in [5.41, 5.74) is 0.932. The minimum absolute atomic E-state index is 0.342. The summed E-state index contributed by atoms with van der Waals surface area (Å²) in [6, 6.07) is 0. The second-order valence-electron chi connectivity index (χ2n) is 3.65. The van der Waals surface area contributed by atoms with Crippen LogP contribution in [-0.4, -0.2) is 9.97 Å². The first-order chi connectivity index (χ1) is 6.72. The van der Waals surface area contributed by atoms with Gasteiger partial charge < -0.3 is 0 Å². The van der Waals surface area contributed by atoms with Gasteiger partial charge in [0.2, 0.25) is 5.95 Å². The van der Waals surface area contributed by atoms with E-state index < -0.39 is 0 Å². The molecule has 0 atom stereocenters. The van der Waals surface area contributed by atoms with Crippen LogP contribution in [0.15, 0.2) is 0 Å². The Hall–Kier alpha value is -0.260. The fourth-order valence-corrected chi connectivity index (χ4v) is 2.13. The van der Waals surface area contributed by atoms with E-state index in [-0.39, 0.29) is 5.95 Å². The second kappa shape index (κ2) is 4.08. The molecule has 1 aromatic rings.